The summed E-state index contributed by atoms with van der Waals surface area (Å²) in [6.07, 6.45) is -0.585. The van der Waals surface area contributed by atoms with Crippen LogP contribution in [0.3, 0.4) is 0 Å². The van der Waals surface area contributed by atoms with E-state index in [0.29, 0.717) is 13.0 Å². The van der Waals surface area contributed by atoms with Gasteiger partial charge in [0.1, 0.15) is 5.60 Å². The van der Waals surface area contributed by atoms with E-state index in [4.69, 9.17) is 9.84 Å². The van der Waals surface area contributed by atoms with Crippen LogP contribution in [-0.2, 0) is 4.74 Å². The van der Waals surface area contributed by atoms with E-state index in [1.807, 2.05) is 0 Å². The van der Waals surface area contributed by atoms with Gasteiger partial charge in [-0.3, -0.25) is 0 Å². The fourth-order valence-corrected chi connectivity index (χ4v) is 1.48. The lowest BCUT2D eigenvalue weighted by molar-refractivity contribution is -0.0530. The Labute approximate surface area is 89.6 Å². The number of carbonyl (C=O) groups excluding carboxylic acids is 1. The molecule has 1 amide bonds. The number of hydrogen-bond acceptors (Lipinski definition) is 4. The van der Waals surface area contributed by atoms with Crippen LogP contribution in [0.5, 0.6) is 0 Å². The maximum Gasteiger partial charge on any atom is 0.410 e. The monoisotopic (exact) mass is 217 g/mol. The highest BCUT2D eigenvalue weighted by molar-refractivity contribution is 5.69. The Morgan fingerprint density at radius 1 is 1.60 bits per heavy atom. The van der Waals surface area contributed by atoms with Gasteiger partial charge in [-0.1, -0.05) is 0 Å². The van der Waals surface area contributed by atoms with E-state index in [1.54, 1.807) is 20.8 Å². The highest BCUT2D eigenvalue weighted by Crippen LogP contribution is 2.23. The van der Waals surface area contributed by atoms with Gasteiger partial charge in [0.05, 0.1) is 18.8 Å². The molecule has 0 aromatic heterocycles. The smallest absolute Gasteiger partial charge is 0.410 e. The van der Waals surface area contributed by atoms with E-state index in [-0.39, 0.29) is 12.6 Å². The summed E-state index contributed by atoms with van der Waals surface area (Å²) in [5.41, 5.74) is -0.526. The molecular formula is C10H19NO4. The third-order valence-corrected chi connectivity index (χ3v) is 2.33. The van der Waals surface area contributed by atoms with Gasteiger partial charge in [-0.15, -0.1) is 0 Å². The molecule has 15 heavy (non-hydrogen) atoms. The molecular weight excluding hydrogens is 198 g/mol. The topological polar surface area (TPSA) is 70.0 Å². The number of nitrogens with zero attached hydrogens (tertiary/aromatic N) is 1. The van der Waals surface area contributed by atoms with Crippen molar-refractivity contribution in [2.75, 3.05) is 13.2 Å². The van der Waals surface area contributed by atoms with E-state index in [0.717, 1.165) is 0 Å². The van der Waals surface area contributed by atoms with Crippen molar-refractivity contribution in [1.82, 2.24) is 4.90 Å². The summed E-state index contributed by atoms with van der Waals surface area (Å²) in [6.45, 7) is 5.63. The molecule has 0 aromatic rings. The van der Waals surface area contributed by atoms with Crippen LogP contribution in [0.25, 0.3) is 0 Å². The third kappa shape index (κ3) is 3.07. The van der Waals surface area contributed by atoms with Gasteiger partial charge in [-0.2, -0.15) is 0 Å². The second-order valence-corrected chi connectivity index (χ2v) is 4.78. The third-order valence-electron chi connectivity index (χ3n) is 2.33. The Morgan fingerprint density at radius 2 is 2.20 bits per heavy atom. The first-order chi connectivity index (χ1) is 6.85. The molecule has 2 N–H and O–H groups in total. The van der Waals surface area contributed by atoms with Gasteiger partial charge in [-0.25, -0.2) is 4.79 Å². The molecule has 88 valence electrons. The standard InChI is InChI=1S/C10H19NO4/c1-10(2,3)15-9(14)11-5-4-7(11)8(13)6-12/h7-8,12-13H,4-6H2,1-3H3. The predicted molar refractivity (Wildman–Crippen MR) is 54.4 cm³/mol. The SMILES string of the molecule is CC(C)(C)OC(=O)N1CCC1C(O)CO. The number of ether oxygens (including phenoxy) is 1. The molecule has 0 radical (unpaired) electrons. The Morgan fingerprint density at radius 3 is 2.53 bits per heavy atom. The number of hydrogen-bond donors (Lipinski definition) is 2. The number of aliphatic hydroxyl groups excluding tert-OH is 2. The molecule has 0 spiro atoms. The van der Waals surface area contributed by atoms with Crippen LogP contribution in [0.2, 0.25) is 0 Å². The van der Waals surface area contributed by atoms with Gasteiger partial charge in [0.15, 0.2) is 0 Å². The highest BCUT2D eigenvalue weighted by atomic mass is 16.6. The number of amides is 1. The van der Waals surface area contributed by atoms with Gasteiger partial charge >= 0.3 is 6.09 Å². The van der Waals surface area contributed by atoms with Crippen molar-refractivity contribution in [2.24, 2.45) is 0 Å². The molecule has 0 aromatic carbocycles. The van der Waals surface area contributed by atoms with Crippen LogP contribution in [0, 0.1) is 0 Å². The minimum absolute atomic E-state index is 0.301. The molecule has 1 rings (SSSR count). The average Bonchev–Trinajstić information content (AvgIpc) is 1.97. The van der Waals surface area contributed by atoms with E-state index < -0.39 is 17.8 Å². The van der Waals surface area contributed by atoms with Crippen LogP contribution in [0.1, 0.15) is 27.2 Å². The van der Waals surface area contributed by atoms with Gasteiger partial charge in [-0.05, 0) is 27.2 Å². The Hall–Kier alpha value is -0.810. The normalized spacial score (nSPS) is 23.3. The van der Waals surface area contributed by atoms with E-state index in [1.165, 1.54) is 4.90 Å². The van der Waals surface area contributed by atoms with Gasteiger partial charge in [0.25, 0.3) is 0 Å². The van der Waals surface area contributed by atoms with Crippen LogP contribution >= 0.6 is 0 Å². The van der Waals surface area contributed by atoms with E-state index in [2.05, 4.69) is 0 Å². The van der Waals surface area contributed by atoms with Crippen LogP contribution in [0.15, 0.2) is 0 Å². The van der Waals surface area contributed by atoms with Gasteiger partial charge in [0.2, 0.25) is 0 Å². The second-order valence-electron chi connectivity index (χ2n) is 4.78. The summed E-state index contributed by atoms with van der Waals surface area (Å²) < 4.78 is 5.16. The second kappa shape index (κ2) is 4.37. The molecule has 1 aliphatic rings. The minimum atomic E-state index is -0.869. The molecule has 2 unspecified atom stereocenters. The Balaban J connectivity index is 2.48. The molecule has 0 saturated carbocycles. The van der Waals surface area contributed by atoms with Gasteiger partial charge < -0.3 is 19.8 Å². The number of carbonyl (C=O) groups is 1. The molecule has 1 heterocycles. The van der Waals surface area contributed by atoms with Crippen molar-refractivity contribution in [2.45, 2.75) is 44.9 Å². The number of rotatable bonds is 2. The largest absolute Gasteiger partial charge is 0.444 e. The lowest BCUT2D eigenvalue weighted by Crippen LogP contribution is -2.58. The summed E-state index contributed by atoms with van der Waals surface area (Å²) in [5.74, 6) is 0. The first-order valence-electron chi connectivity index (χ1n) is 5.13. The lowest BCUT2D eigenvalue weighted by atomic mass is 9.98. The zero-order chi connectivity index (χ0) is 11.6. The van der Waals surface area contributed by atoms with Crippen molar-refractivity contribution in [1.29, 1.82) is 0 Å². The van der Waals surface area contributed by atoms with Crippen LogP contribution in [-0.4, -0.2) is 52.1 Å². The van der Waals surface area contributed by atoms with Crippen molar-refractivity contribution in [3.05, 3.63) is 0 Å². The lowest BCUT2D eigenvalue weighted by Gasteiger charge is -2.43. The maximum atomic E-state index is 11.6. The van der Waals surface area contributed by atoms with E-state index in [9.17, 15) is 9.90 Å². The Bertz CT molecular complexity index is 236. The molecule has 5 heteroatoms. The van der Waals surface area contributed by atoms with Crippen molar-refractivity contribution in [3.63, 3.8) is 0 Å². The van der Waals surface area contributed by atoms with Crippen LogP contribution < -0.4 is 0 Å². The maximum absolute atomic E-state index is 11.6. The predicted octanol–water partition coefficient (Wildman–Crippen LogP) is 0.349. The van der Waals surface area contributed by atoms with Crippen molar-refractivity contribution in [3.8, 4) is 0 Å². The molecule has 0 aliphatic carbocycles. The first-order valence-corrected chi connectivity index (χ1v) is 5.13. The fraction of sp³-hybridized carbons (Fsp3) is 0.900. The number of likely N-dealkylation sites (tertiary alicyclic amines) is 1. The molecule has 1 saturated heterocycles. The Kier molecular flexibility index (Phi) is 3.57. The molecule has 5 nitrogen and oxygen atoms in total. The summed E-state index contributed by atoms with van der Waals surface area (Å²) in [7, 11) is 0. The van der Waals surface area contributed by atoms with E-state index >= 15 is 0 Å². The average molecular weight is 217 g/mol. The highest BCUT2D eigenvalue weighted by Gasteiger charge is 2.39. The van der Waals surface area contributed by atoms with Gasteiger partial charge in [0, 0.05) is 6.54 Å². The van der Waals surface area contributed by atoms with Crippen molar-refractivity contribution >= 4 is 6.09 Å². The minimum Gasteiger partial charge on any atom is -0.444 e. The fourth-order valence-electron chi connectivity index (χ4n) is 1.48. The zero-order valence-corrected chi connectivity index (χ0v) is 9.43. The summed E-state index contributed by atoms with van der Waals surface area (Å²) >= 11 is 0. The first kappa shape index (κ1) is 12.3. The zero-order valence-electron chi connectivity index (χ0n) is 9.43. The number of aliphatic hydroxyl groups is 2. The summed E-state index contributed by atoms with van der Waals surface area (Å²) in [5, 5.41) is 18.2. The summed E-state index contributed by atoms with van der Waals surface area (Å²) in [4.78, 5) is 13.0. The molecule has 2 atom stereocenters. The van der Waals surface area contributed by atoms with Crippen molar-refractivity contribution < 1.29 is 19.7 Å². The molecule has 1 fully saturated rings. The molecule has 0 bridgehead atoms. The quantitative estimate of drug-likeness (QED) is 0.700. The van der Waals surface area contributed by atoms with Crippen LogP contribution in [0.4, 0.5) is 4.79 Å². The summed E-state index contributed by atoms with van der Waals surface area (Å²) in [6, 6.07) is -0.301. The molecule has 1 aliphatic heterocycles.